The molecule has 2 aromatic carbocycles. The molecule has 1 aliphatic heterocycles. The minimum atomic E-state index is -4.59. The Hall–Kier alpha value is -2.51. The molecule has 8 nitrogen and oxygen atoms in total. The number of carbonyl (C=O) groups is 1. The summed E-state index contributed by atoms with van der Waals surface area (Å²) in [5.74, 6) is -0.298. The first-order valence-corrected chi connectivity index (χ1v) is 14.4. The largest absolute Gasteiger partial charge is 0.416 e. The summed E-state index contributed by atoms with van der Waals surface area (Å²) in [6, 6.07) is 11.4. The molecule has 39 heavy (non-hydrogen) atoms. The average Bonchev–Trinajstić information content (AvgIpc) is 3.72. The van der Waals surface area contributed by atoms with Crippen LogP contribution >= 0.6 is 0 Å². The smallest absolute Gasteiger partial charge is 0.390 e. The van der Waals surface area contributed by atoms with Gasteiger partial charge in [-0.15, -0.1) is 0 Å². The molecule has 12 heteroatoms. The van der Waals surface area contributed by atoms with Gasteiger partial charge < -0.3 is 15.2 Å². The zero-order chi connectivity index (χ0) is 28.2. The fourth-order valence-corrected chi connectivity index (χ4v) is 6.41. The van der Waals surface area contributed by atoms with Crippen molar-refractivity contribution in [1.82, 2.24) is 14.5 Å². The van der Waals surface area contributed by atoms with E-state index in [4.69, 9.17) is 4.74 Å². The van der Waals surface area contributed by atoms with Gasteiger partial charge in [-0.25, -0.2) is 8.42 Å². The Balaban J connectivity index is 1.50. The van der Waals surface area contributed by atoms with Crippen LogP contribution in [0.15, 0.2) is 59.5 Å². The van der Waals surface area contributed by atoms with Gasteiger partial charge in [0.1, 0.15) is 0 Å². The molecule has 2 N–H and O–H groups in total. The van der Waals surface area contributed by atoms with Gasteiger partial charge in [-0.3, -0.25) is 9.69 Å². The van der Waals surface area contributed by atoms with E-state index in [0.717, 1.165) is 34.1 Å². The lowest BCUT2D eigenvalue weighted by Gasteiger charge is -2.32. The predicted octanol–water partition coefficient (Wildman–Crippen LogP) is 2.67. The van der Waals surface area contributed by atoms with E-state index in [-0.39, 0.29) is 42.5 Å². The van der Waals surface area contributed by atoms with Crippen molar-refractivity contribution in [2.75, 3.05) is 32.8 Å². The number of alkyl halides is 3. The van der Waals surface area contributed by atoms with Crippen LogP contribution in [0.25, 0.3) is 0 Å². The van der Waals surface area contributed by atoms with Crippen LogP contribution in [0.4, 0.5) is 13.2 Å². The molecule has 0 spiro atoms. The van der Waals surface area contributed by atoms with E-state index < -0.39 is 33.9 Å². The average molecular weight is 570 g/mol. The molecule has 1 heterocycles. The van der Waals surface area contributed by atoms with E-state index >= 15 is 0 Å². The first kappa shape index (κ1) is 29.5. The van der Waals surface area contributed by atoms with Crippen LogP contribution in [-0.4, -0.2) is 85.7 Å². The fourth-order valence-electron chi connectivity index (χ4n) is 4.71. The van der Waals surface area contributed by atoms with Gasteiger partial charge in [-0.1, -0.05) is 30.3 Å². The van der Waals surface area contributed by atoms with Gasteiger partial charge in [0.2, 0.25) is 15.9 Å². The van der Waals surface area contributed by atoms with Crippen LogP contribution in [0.2, 0.25) is 0 Å². The van der Waals surface area contributed by atoms with Gasteiger partial charge in [0.05, 0.1) is 41.9 Å². The zero-order valence-corrected chi connectivity index (χ0v) is 22.5. The molecule has 0 bridgehead atoms. The molecule has 1 saturated carbocycles. The van der Waals surface area contributed by atoms with Gasteiger partial charge in [0.25, 0.3) is 0 Å². The Morgan fingerprint density at radius 3 is 2.41 bits per heavy atom. The molecule has 1 aliphatic carbocycles. The van der Waals surface area contributed by atoms with Crippen LogP contribution in [0, 0.1) is 0 Å². The number of halogens is 3. The molecule has 3 atom stereocenters. The van der Waals surface area contributed by atoms with Crippen molar-refractivity contribution in [3.8, 4) is 0 Å². The highest BCUT2D eigenvalue weighted by Gasteiger charge is 2.41. The fraction of sp³-hybridized carbons (Fsp3) is 0.519. The lowest BCUT2D eigenvalue weighted by atomic mass is 10.0. The zero-order valence-electron chi connectivity index (χ0n) is 21.7. The number of hydrogen-bond acceptors (Lipinski definition) is 6. The molecule has 0 unspecified atom stereocenters. The van der Waals surface area contributed by atoms with Crippen molar-refractivity contribution in [3.63, 3.8) is 0 Å². The number of benzene rings is 2. The second-order valence-electron chi connectivity index (χ2n) is 10.2. The van der Waals surface area contributed by atoms with Crippen LogP contribution < -0.4 is 5.32 Å². The first-order valence-electron chi connectivity index (χ1n) is 13.0. The minimum absolute atomic E-state index is 0.000222. The number of aliphatic hydroxyl groups is 1. The van der Waals surface area contributed by atoms with E-state index in [0.29, 0.717) is 32.5 Å². The molecule has 0 aromatic heterocycles. The normalized spacial score (nSPS) is 20.5. The lowest BCUT2D eigenvalue weighted by molar-refractivity contribution is -0.137. The van der Waals surface area contributed by atoms with Crippen molar-refractivity contribution >= 4 is 15.9 Å². The van der Waals surface area contributed by atoms with Gasteiger partial charge in [-0.05, 0) is 56.0 Å². The number of morpholine rings is 1. The number of ether oxygens (including phenoxy) is 1. The highest BCUT2D eigenvalue weighted by Crippen LogP contribution is 2.34. The van der Waals surface area contributed by atoms with E-state index in [9.17, 15) is 31.5 Å². The highest BCUT2D eigenvalue weighted by molar-refractivity contribution is 7.89. The summed E-state index contributed by atoms with van der Waals surface area (Å²) in [4.78, 5) is 14.6. The number of aliphatic hydroxyl groups excluding tert-OH is 1. The maximum atomic E-state index is 13.4. The number of rotatable bonds is 11. The number of amides is 1. The summed E-state index contributed by atoms with van der Waals surface area (Å²) in [6.07, 6.45) is -4.42. The Morgan fingerprint density at radius 1 is 1.15 bits per heavy atom. The maximum Gasteiger partial charge on any atom is 0.416 e. The molecule has 0 radical (unpaired) electrons. The number of nitrogens with one attached hydrogen (secondary N) is 1. The summed E-state index contributed by atoms with van der Waals surface area (Å²) >= 11 is 0. The van der Waals surface area contributed by atoms with Crippen molar-refractivity contribution in [3.05, 3.63) is 65.7 Å². The van der Waals surface area contributed by atoms with Crippen LogP contribution in [-0.2, 0) is 32.2 Å². The van der Waals surface area contributed by atoms with Gasteiger partial charge in [0.15, 0.2) is 0 Å². The quantitative estimate of drug-likeness (QED) is 0.432. The Morgan fingerprint density at radius 2 is 1.82 bits per heavy atom. The third-order valence-corrected chi connectivity index (χ3v) is 8.84. The van der Waals surface area contributed by atoms with E-state index in [1.54, 1.807) is 0 Å². The minimum Gasteiger partial charge on any atom is -0.390 e. The maximum absolute atomic E-state index is 13.4. The number of carbonyl (C=O) groups excluding carboxylic acids is 1. The molecular weight excluding hydrogens is 535 g/mol. The highest BCUT2D eigenvalue weighted by atomic mass is 32.2. The van der Waals surface area contributed by atoms with E-state index in [2.05, 4.69) is 5.32 Å². The Labute approximate surface area is 226 Å². The van der Waals surface area contributed by atoms with Gasteiger partial charge in [-0.2, -0.15) is 17.5 Å². The summed E-state index contributed by atoms with van der Waals surface area (Å²) in [5.41, 5.74) is -0.0924. The number of sulfonamides is 1. The van der Waals surface area contributed by atoms with Crippen molar-refractivity contribution in [2.24, 2.45) is 0 Å². The summed E-state index contributed by atoms with van der Waals surface area (Å²) in [7, 11) is -4.19. The van der Waals surface area contributed by atoms with Crippen molar-refractivity contribution in [1.29, 1.82) is 0 Å². The third-order valence-electron chi connectivity index (χ3n) is 6.91. The van der Waals surface area contributed by atoms with Crippen molar-refractivity contribution in [2.45, 2.75) is 61.5 Å². The Kier molecular flexibility index (Phi) is 9.33. The third kappa shape index (κ3) is 8.01. The van der Waals surface area contributed by atoms with E-state index in [1.807, 2.05) is 42.2 Å². The summed E-state index contributed by atoms with van der Waals surface area (Å²) in [5, 5.41) is 14.2. The molecule has 2 aromatic rings. The monoisotopic (exact) mass is 569 g/mol. The molecule has 4 rings (SSSR count). The first-order chi connectivity index (χ1) is 18.4. The van der Waals surface area contributed by atoms with Crippen molar-refractivity contribution < 1.29 is 36.2 Å². The molecule has 1 amide bonds. The van der Waals surface area contributed by atoms with E-state index in [1.165, 1.54) is 0 Å². The predicted molar refractivity (Wildman–Crippen MR) is 138 cm³/mol. The topological polar surface area (TPSA) is 99.2 Å². The summed E-state index contributed by atoms with van der Waals surface area (Å²) < 4.78 is 72.5. The van der Waals surface area contributed by atoms with Crippen LogP contribution in [0.1, 0.15) is 30.9 Å². The molecule has 1 saturated heterocycles. The second-order valence-corrected chi connectivity index (χ2v) is 12.1. The molecule has 214 valence electrons. The molecular formula is C27H34F3N3O5S. The summed E-state index contributed by atoms with van der Waals surface area (Å²) in [6.45, 7) is 3.45. The van der Waals surface area contributed by atoms with Crippen LogP contribution in [0.3, 0.4) is 0 Å². The molecule has 2 aliphatic rings. The SMILES string of the molecule is C[C@H]1CN(CC(=O)N[C@@H](Cc2ccccc2)[C@H](O)CN(C2CC2)S(=O)(=O)c2ccc(C(F)(F)F)cc2)CCO1. The van der Waals surface area contributed by atoms with Gasteiger partial charge >= 0.3 is 6.18 Å². The Bertz CT molecular complexity index is 1210. The number of nitrogens with zero attached hydrogens (tertiary/aromatic N) is 2. The number of hydrogen-bond donors (Lipinski definition) is 2. The lowest BCUT2D eigenvalue weighted by Crippen LogP contribution is -2.53. The standard InChI is InChI=1S/C27H34F3N3O5S/c1-19-16-32(13-14-38-19)18-26(35)31-24(15-20-5-3-2-4-6-20)25(34)17-33(22-9-10-22)39(36,37)23-11-7-21(8-12-23)27(28,29)30/h2-8,11-12,19,22,24-25,34H,9-10,13-18H2,1H3,(H,31,35)/t19-,24-,25+/m0/s1. The van der Waals surface area contributed by atoms with Crippen LogP contribution in [0.5, 0.6) is 0 Å². The molecule has 2 fully saturated rings. The second kappa shape index (κ2) is 12.3. The van der Waals surface area contributed by atoms with Gasteiger partial charge in [0, 0.05) is 25.7 Å².